The monoisotopic (exact) mass is 208 g/mol. The van der Waals surface area contributed by atoms with Crippen molar-refractivity contribution in [3.63, 3.8) is 0 Å². The molecule has 0 heterocycles. The Kier molecular flexibility index (Phi) is 3.42. The van der Waals surface area contributed by atoms with Gasteiger partial charge < -0.3 is 0 Å². The van der Waals surface area contributed by atoms with E-state index in [0.29, 0.717) is 5.41 Å². The molecule has 88 valence electrons. The van der Waals surface area contributed by atoms with Crippen molar-refractivity contribution >= 4 is 0 Å². The van der Waals surface area contributed by atoms with Crippen LogP contribution in [0.25, 0.3) is 0 Å². The molecule has 0 spiro atoms. The van der Waals surface area contributed by atoms with Gasteiger partial charge in [0.05, 0.1) is 0 Å². The lowest BCUT2D eigenvalue weighted by Gasteiger charge is -2.40. The van der Waals surface area contributed by atoms with Crippen molar-refractivity contribution < 1.29 is 0 Å². The standard InChI is InChI=1S/C15H28/c1-12-4-6-13(7-5-12)14-8-10-15(2,3)11-9-14/h12-14H,4-11H2,1-3H3. The number of hydrogen-bond donors (Lipinski definition) is 0. The Morgan fingerprint density at radius 1 is 0.733 bits per heavy atom. The summed E-state index contributed by atoms with van der Waals surface area (Å²) < 4.78 is 0. The van der Waals surface area contributed by atoms with E-state index in [0.717, 1.165) is 17.8 Å². The molecule has 0 nitrogen and oxygen atoms in total. The van der Waals surface area contributed by atoms with Gasteiger partial charge >= 0.3 is 0 Å². The van der Waals surface area contributed by atoms with Crippen LogP contribution >= 0.6 is 0 Å². The second-order valence-corrected chi connectivity index (χ2v) is 7.02. The minimum absolute atomic E-state index is 0.651. The fraction of sp³-hybridized carbons (Fsp3) is 1.00. The fourth-order valence-electron chi connectivity index (χ4n) is 3.65. The Morgan fingerprint density at radius 2 is 1.20 bits per heavy atom. The van der Waals surface area contributed by atoms with Crippen molar-refractivity contribution in [2.75, 3.05) is 0 Å². The van der Waals surface area contributed by atoms with E-state index in [1.54, 1.807) is 0 Å². The highest BCUT2D eigenvalue weighted by Crippen LogP contribution is 2.44. The van der Waals surface area contributed by atoms with Crippen molar-refractivity contribution in [1.29, 1.82) is 0 Å². The molecule has 0 N–H and O–H groups in total. The van der Waals surface area contributed by atoms with E-state index in [2.05, 4.69) is 20.8 Å². The molecule has 2 fully saturated rings. The van der Waals surface area contributed by atoms with Gasteiger partial charge in [-0.25, -0.2) is 0 Å². The quantitative estimate of drug-likeness (QED) is 0.567. The second kappa shape index (κ2) is 4.47. The minimum Gasteiger partial charge on any atom is -0.0625 e. The molecule has 0 bridgehead atoms. The van der Waals surface area contributed by atoms with Gasteiger partial charge in [-0.1, -0.05) is 33.6 Å². The Hall–Kier alpha value is 0. The first kappa shape index (κ1) is 11.5. The molecule has 0 unspecified atom stereocenters. The van der Waals surface area contributed by atoms with Gasteiger partial charge in [-0.3, -0.25) is 0 Å². The molecule has 0 aromatic carbocycles. The van der Waals surface area contributed by atoms with Crippen LogP contribution in [0.4, 0.5) is 0 Å². The van der Waals surface area contributed by atoms with E-state index in [9.17, 15) is 0 Å². The summed E-state index contributed by atoms with van der Waals surface area (Å²) >= 11 is 0. The maximum Gasteiger partial charge on any atom is -0.0354 e. The zero-order chi connectivity index (χ0) is 10.9. The molecule has 0 aromatic heterocycles. The van der Waals surface area contributed by atoms with E-state index in [-0.39, 0.29) is 0 Å². The van der Waals surface area contributed by atoms with E-state index >= 15 is 0 Å². The largest absolute Gasteiger partial charge is 0.0625 e. The molecule has 0 amide bonds. The summed E-state index contributed by atoms with van der Waals surface area (Å²) in [6.07, 6.45) is 12.1. The Bertz CT molecular complexity index is 186. The molecule has 0 saturated heterocycles. The molecule has 2 rings (SSSR count). The van der Waals surface area contributed by atoms with Crippen LogP contribution in [0.5, 0.6) is 0 Å². The predicted molar refractivity (Wildman–Crippen MR) is 66.9 cm³/mol. The molecule has 15 heavy (non-hydrogen) atoms. The molecule has 2 aliphatic carbocycles. The molecule has 2 aliphatic rings. The van der Waals surface area contributed by atoms with E-state index < -0.39 is 0 Å². The lowest BCUT2D eigenvalue weighted by Crippen LogP contribution is -2.28. The van der Waals surface area contributed by atoms with E-state index in [1.807, 2.05) is 0 Å². The Balaban J connectivity index is 1.80. The van der Waals surface area contributed by atoms with Crippen LogP contribution in [0.1, 0.15) is 72.1 Å². The van der Waals surface area contributed by atoms with Gasteiger partial charge in [0.1, 0.15) is 0 Å². The van der Waals surface area contributed by atoms with Gasteiger partial charge in [0, 0.05) is 0 Å². The smallest absolute Gasteiger partial charge is 0.0354 e. The molecular weight excluding hydrogens is 180 g/mol. The maximum absolute atomic E-state index is 2.45. The topological polar surface area (TPSA) is 0 Å². The van der Waals surface area contributed by atoms with E-state index in [4.69, 9.17) is 0 Å². The third kappa shape index (κ3) is 2.98. The van der Waals surface area contributed by atoms with Crippen LogP contribution in [0.15, 0.2) is 0 Å². The van der Waals surface area contributed by atoms with Gasteiger partial charge in [-0.05, 0) is 61.7 Å². The highest BCUT2D eigenvalue weighted by molar-refractivity contribution is 4.84. The van der Waals surface area contributed by atoms with Crippen molar-refractivity contribution in [2.45, 2.75) is 72.1 Å². The van der Waals surface area contributed by atoms with Crippen LogP contribution < -0.4 is 0 Å². The molecule has 0 atom stereocenters. The molecule has 0 aromatic rings. The minimum atomic E-state index is 0.651. The summed E-state index contributed by atoms with van der Waals surface area (Å²) in [7, 11) is 0. The normalized spacial score (nSPS) is 37.8. The van der Waals surface area contributed by atoms with Gasteiger partial charge in [-0.15, -0.1) is 0 Å². The van der Waals surface area contributed by atoms with Gasteiger partial charge in [0.15, 0.2) is 0 Å². The molecule has 0 heteroatoms. The SMILES string of the molecule is CC1CCC(C2CCC(C)(C)CC2)CC1. The lowest BCUT2D eigenvalue weighted by molar-refractivity contribution is 0.117. The van der Waals surface area contributed by atoms with Crippen LogP contribution in [-0.2, 0) is 0 Å². The fourth-order valence-corrected chi connectivity index (χ4v) is 3.65. The lowest BCUT2D eigenvalue weighted by atomic mass is 9.66. The van der Waals surface area contributed by atoms with Crippen LogP contribution in [0.2, 0.25) is 0 Å². The molecular formula is C15H28. The molecule has 0 aliphatic heterocycles. The number of hydrogen-bond acceptors (Lipinski definition) is 0. The van der Waals surface area contributed by atoms with Crippen molar-refractivity contribution in [1.82, 2.24) is 0 Å². The van der Waals surface area contributed by atoms with Gasteiger partial charge in [-0.2, -0.15) is 0 Å². The summed E-state index contributed by atoms with van der Waals surface area (Å²) in [5, 5.41) is 0. The van der Waals surface area contributed by atoms with Crippen LogP contribution in [0, 0.1) is 23.2 Å². The average Bonchev–Trinajstić information content (AvgIpc) is 2.20. The highest BCUT2D eigenvalue weighted by Gasteiger charge is 2.32. The third-order valence-corrected chi connectivity index (χ3v) is 5.11. The van der Waals surface area contributed by atoms with Crippen LogP contribution in [0.3, 0.4) is 0 Å². The molecule has 2 saturated carbocycles. The summed E-state index contributed by atoms with van der Waals surface area (Å²) in [4.78, 5) is 0. The second-order valence-electron chi connectivity index (χ2n) is 7.02. The average molecular weight is 208 g/mol. The van der Waals surface area contributed by atoms with Crippen LogP contribution in [-0.4, -0.2) is 0 Å². The van der Waals surface area contributed by atoms with Crippen molar-refractivity contribution in [2.24, 2.45) is 23.2 Å². The first-order chi connectivity index (χ1) is 7.07. The predicted octanol–water partition coefficient (Wildman–Crippen LogP) is 5.03. The third-order valence-electron chi connectivity index (χ3n) is 5.11. The first-order valence-electron chi connectivity index (χ1n) is 7.07. The van der Waals surface area contributed by atoms with Gasteiger partial charge in [0.2, 0.25) is 0 Å². The number of rotatable bonds is 1. The first-order valence-corrected chi connectivity index (χ1v) is 7.07. The Morgan fingerprint density at radius 3 is 1.73 bits per heavy atom. The zero-order valence-electron chi connectivity index (χ0n) is 10.9. The zero-order valence-corrected chi connectivity index (χ0v) is 10.9. The summed E-state index contributed by atoms with van der Waals surface area (Å²) in [5.41, 5.74) is 0.651. The van der Waals surface area contributed by atoms with Crippen molar-refractivity contribution in [3.05, 3.63) is 0 Å². The highest BCUT2D eigenvalue weighted by atomic mass is 14.4. The van der Waals surface area contributed by atoms with Gasteiger partial charge in [0.25, 0.3) is 0 Å². The maximum atomic E-state index is 2.45. The Labute approximate surface area is 95.8 Å². The summed E-state index contributed by atoms with van der Waals surface area (Å²) in [6, 6.07) is 0. The van der Waals surface area contributed by atoms with Crippen molar-refractivity contribution in [3.8, 4) is 0 Å². The molecule has 0 radical (unpaired) electrons. The summed E-state index contributed by atoms with van der Waals surface area (Å²) in [5.74, 6) is 3.20. The summed E-state index contributed by atoms with van der Waals surface area (Å²) in [6.45, 7) is 7.33. The van der Waals surface area contributed by atoms with E-state index in [1.165, 1.54) is 51.4 Å².